The summed E-state index contributed by atoms with van der Waals surface area (Å²) in [6, 6.07) is 15.4. The van der Waals surface area contributed by atoms with Crippen LogP contribution in [-0.4, -0.2) is 0 Å². The molecule has 0 atom stereocenters. The minimum absolute atomic E-state index is 0.516. The lowest BCUT2D eigenvalue weighted by Crippen LogP contribution is -1.97. The van der Waals surface area contributed by atoms with Crippen molar-refractivity contribution in [2.24, 2.45) is 5.73 Å². The summed E-state index contributed by atoms with van der Waals surface area (Å²) in [6.07, 6.45) is 1.75. The number of rotatable bonds is 4. The van der Waals surface area contributed by atoms with Gasteiger partial charge in [-0.25, -0.2) is 0 Å². The number of hydrogen-bond donors (Lipinski definition) is 1. The van der Waals surface area contributed by atoms with Gasteiger partial charge in [0.15, 0.2) is 0 Å². The molecule has 0 aliphatic carbocycles. The van der Waals surface area contributed by atoms with Crippen molar-refractivity contribution in [3.8, 4) is 5.75 Å². The van der Waals surface area contributed by atoms with E-state index < -0.39 is 0 Å². The fourth-order valence-corrected chi connectivity index (χ4v) is 1.73. The molecular formula is C17H20ClNO. The lowest BCUT2D eigenvalue weighted by Gasteiger charge is -2.07. The summed E-state index contributed by atoms with van der Waals surface area (Å²) in [5.74, 6) is 0.835. The van der Waals surface area contributed by atoms with E-state index >= 15 is 0 Å². The third-order valence-corrected chi connectivity index (χ3v) is 2.69. The topological polar surface area (TPSA) is 35.2 Å². The quantitative estimate of drug-likeness (QED) is 0.837. The minimum atomic E-state index is 0.516. The van der Waals surface area contributed by atoms with Gasteiger partial charge in [0, 0.05) is 11.6 Å². The van der Waals surface area contributed by atoms with Gasteiger partial charge in [-0.2, -0.15) is 0 Å². The molecular weight excluding hydrogens is 270 g/mol. The number of halogens is 1. The number of nitrogens with two attached hydrogens (primary N) is 1. The highest BCUT2D eigenvalue weighted by Gasteiger charge is 1.97. The van der Waals surface area contributed by atoms with Gasteiger partial charge in [0.1, 0.15) is 12.4 Å². The molecule has 0 fully saturated rings. The average molecular weight is 290 g/mol. The minimum Gasteiger partial charge on any atom is -0.489 e. The standard InChI is InChI=1S/C14H14ClNO.C3H6/c15-13-3-1-2-12(8-13)10-17-14-6-4-11(9-16)5-7-14;1-3-2/h1-8H,9-10,16H2;3H,1H2,2H3. The van der Waals surface area contributed by atoms with Crippen LogP contribution in [0.4, 0.5) is 0 Å². The van der Waals surface area contributed by atoms with Crippen molar-refractivity contribution in [3.63, 3.8) is 0 Å². The number of hydrogen-bond acceptors (Lipinski definition) is 2. The Morgan fingerprint density at radius 3 is 2.35 bits per heavy atom. The molecule has 0 bridgehead atoms. The first-order chi connectivity index (χ1) is 9.69. The van der Waals surface area contributed by atoms with Crippen LogP contribution in [-0.2, 0) is 13.2 Å². The van der Waals surface area contributed by atoms with Gasteiger partial charge in [-0.3, -0.25) is 0 Å². The maximum absolute atomic E-state index is 5.90. The highest BCUT2D eigenvalue weighted by atomic mass is 35.5. The van der Waals surface area contributed by atoms with E-state index in [0.717, 1.165) is 21.9 Å². The van der Waals surface area contributed by atoms with Crippen LogP contribution in [0.2, 0.25) is 5.02 Å². The van der Waals surface area contributed by atoms with Crippen LogP contribution >= 0.6 is 11.6 Å². The van der Waals surface area contributed by atoms with Crippen LogP contribution in [0.25, 0.3) is 0 Å². The molecule has 0 aliphatic heterocycles. The zero-order valence-electron chi connectivity index (χ0n) is 11.7. The maximum Gasteiger partial charge on any atom is 0.119 e. The first-order valence-corrected chi connectivity index (χ1v) is 6.80. The summed E-state index contributed by atoms with van der Waals surface area (Å²) in [6.45, 7) is 6.32. The summed E-state index contributed by atoms with van der Waals surface area (Å²) >= 11 is 5.90. The molecule has 0 amide bonds. The molecule has 2 rings (SSSR count). The Morgan fingerprint density at radius 1 is 1.15 bits per heavy atom. The van der Waals surface area contributed by atoms with Crippen molar-refractivity contribution < 1.29 is 4.74 Å². The molecule has 2 aromatic carbocycles. The molecule has 0 saturated carbocycles. The highest BCUT2D eigenvalue weighted by Crippen LogP contribution is 2.16. The molecule has 3 heteroatoms. The second kappa shape index (κ2) is 9.18. The highest BCUT2D eigenvalue weighted by molar-refractivity contribution is 6.30. The van der Waals surface area contributed by atoms with Crippen molar-refractivity contribution >= 4 is 11.6 Å². The van der Waals surface area contributed by atoms with E-state index in [1.165, 1.54) is 0 Å². The van der Waals surface area contributed by atoms with E-state index in [2.05, 4.69) is 6.58 Å². The predicted molar refractivity (Wildman–Crippen MR) is 86.0 cm³/mol. The Hall–Kier alpha value is -1.77. The zero-order chi connectivity index (χ0) is 14.8. The first-order valence-electron chi connectivity index (χ1n) is 6.43. The van der Waals surface area contributed by atoms with Crippen molar-refractivity contribution in [1.82, 2.24) is 0 Å². The van der Waals surface area contributed by atoms with E-state index in [-0.39, 0.29) is 0 Å². The summed E-state index contributed by atoms with van der Waals surface area (Å²) in [5, 5.41) is 0.726. The Balaban J connectivity index is 0.000000612. The molecule has 0 radical (unpaired) electrons. The Morgan fingerprint density at radius 2 is 1.80 bits per heavy atom. The Bertz CT molecular complexity index is 523. The SMILES string of the molecule is C=CC.NCc1ccc(OCc2cccc(Cl)c2)cc1. The fraction of sp³-hybridized carbons (Fsp3) is 0.176. The number of allylic oxidation sites excluding steroid dienone is 1. The van der Waals surface area contributed by atoms with Gasteiger partial charge in [-0.15, -0.1) is 6.58 Å². The molecule has 0 unspecified atom stereocenters. The second-order valence-electron chi connectivity index (χ2n) is 4.17. The van der Waals surface area contributed by atoms with Crippen molar-refractivity contribution in [1.29, 1.82) is 0 Å². The summed E-state index contributed by atoms with van der Waals surface area (Å²) in [4.78, 5) is 0. The molecule has 0 aromatic heterocycles. The van der Waals surface area contributed by atoms with E-state index in [1.54, 1.807) is 6.08 Å². The van der Waals surface area contributed by atoms with E-state index in [1.807, 2.05) is 55.5 Å². The van der Waals surface area contributed by atoms with Crippen LogP contribution in [0.15, 0.2) is 61.2 Å². The lowest BCUT2D eigenvalue weighted by atomic mass is 10.2. The smallest absolute Gasteiger partial charge is 0.119 e. The van der Waals surface area contributed by atoms with E-state index in [4.69, 9.17) is 22.1 Å². The summed E-state index contributed by atoms with van der Waals surface area (Å²) in [5.41, 5.74) is 7.68. The molecule has 0 heterocycles. The van der Waals surface area contributed by atoms with Gasteiger partial charge in [0.05, 0.1) is 0 Å². The lowest BCUT2D eigenvalue weighted by molar-refractivity contribution is 0.306. The van der Waals surface area contributed by atoms with Gasteiger partial charge in [0.25, 0.3) is 0 Å². The van der Waals surface area contributed by atoms with E-state index in [0.29, 0.717) is 13.2 Å². The van der Waals surface area contributed by atoms with Crippen LogP contribution in [0.5, 0.6) is 5.75 Å². The molecule has 0 aliphatic rings. The molecule has 2 aromatic rings. The average Bonchev–Trinajstić information content (AvgIpc) is 2.47. The van der Waals surface area contributed by atoms with Gasteiger partial charge >= 0.3 is 0 Å². The van der Waals surface area contributed by atoms with Crippen molar-refractivity contribution in [3.05, 3.63) is 77.3 Å². The largest absolute Gasteiger partial charge is 0.489 e. The monoisotopic (exact) mass is 289 g/mol. The van der Waals surface area contributed by atoms with Crippen LogP contribution in [0.1, 0.15) is 18.1 Å². The van der Waals surface area contributed by atoms with Crippen LogP contribution in [0, 0.1) is 0 Å². The van der Waals surface area contributed by atoms with Gasteiger partial charge in [0.2, 0.25) is 0 Å². The molecule has 0 spiro atoms. The molecule has 106 valence electrons. The Kier molecular flexibility index (Phi) is 7.48. The van der Waals surface area contributed by atoms with Crippen LogP contribution < -0.4 is 10.5 Å². The van der Waals surface area contributed by atoms with E-state index in [9.17, 15) is 0 Å². The summed E-state index contributed by atoms with van der Waals surface area (Å²) < 4.78 is 5.65. The van der Waals surface area contributed by atoms with Crippen molar-refractivity contribution in [2.75, 3.05) is 0 Å². The number of benzene rings is 2. The fourth-order valence-electron chi connectivity index (χ4n) is 1.52. The Labute approximate surface area is 125 Å². The molecule has 2 N–H and O–H groups in total. The molecule has 2 nitrogen and oxygen atoms in total. The van der Waals surface area contributed by atoms with Crippen molar-refractivity contribution in [2.45, 2.75) is 20.1 Å². The number of ether oxygens (including phenoxy) is 1. The second-order valence-corrected chi connectivity index (χ2v) is 4.61. The normalized spacial score (nSPS) is 9.35. The summed E-state index contributed by atoms with van der Waals surface area (Å²) in [7, 11) is 0. The first kappa shape index (κ1) is 16.3. The third kappa shape index (κ3) is 5.91. The van der Waals surface area contributed by atoms with Gasteiger partial charge in [-0.05, 0) is 42.3 Å². The van der Waals surface area contributed by atoms with Gasteiger partial charge < -0.3 is 10.5 Å². The zero-order valence-corrected chi connectivity index (χ0v) is 12.4. The maximum atomic E-state index is 5.90. The molecule has 0 saturated heterocycles. The van der Waals surface area contributed by atoms with Crippen LogP contribution in [0.3, 0.4) is 0 Å². The predicted octanol–water partition coefficient (Wildman–Crippen LogP) is 4.57. The third-order valence-electron chi connectivity index (χ3n) is 2.45. The van der Waals surface area contributed by atoms with Gasteiger partial charge in [-0.1, -0.05) is 41.9 Å². The molecule has 20 heavy (non-hydrogen) atoms.